The Bertz CT molecular complexity index is 3870. The van der Waals surface area contributed by atoms with E-state index in [4.69, 9.17) is 35.3 Å². The fourth-order valence-electron chi connectivity index (χ4n) is 23.2. The van der Waals surface area contributed by atoms with Crippen molar-refractivity contribution in [1.29, 1.82) is 0 Å². The first-order valence-corrected chi connectivity index (χ1v) is 35.2. The number of amides is 3. The van der Waals surface area contributed by atoms with Gasteiger partial charge in [-0.15, -0.1) is 0 Å². The van der Waals surface area contributed by atoms with Crippen LogP contribution in [-0.2, 0) is 56.1 Å². The summed E-state index contributed by atoms with van der Waals surface area (Å²) in [6.07, 6.45) is 12.5. The quantitative estimate of drug-likeness (QED) is 0.0442. The van der Waals surface area contributed by atoms with Crippen LogP contribution in [0.1, 0.15) is 135 Å². The largest absolute Gasteiger partial charge is 0.467 e. The van der Waals surface area contributed by atoms with Crippen LogP contribution < -0.4 is 16.0 Å². The predicted molar refractivity (Wildman–Crippen MR) is 345 cm³/mol. The topological polar surface area (TPSA) is 321 Å². The van der Waals surface area contributed by atoms with Crippen molar-refractivity contribution in [2.45, 2.75) is 190 Å². The Morgan fingerprint density at radius 1 is 0.577 bits per heavy atom. The number of benzene rings is 1. The van der Waals surface area contributed by atoms with E-state index < -0.39 is 145 Å². The molecule has 9 saturated carbocycles. The molecule has 12 bridgehead atoms. The molecule has 3 amide bonds. The Morgan fingerprint density at radius 3 is 1.35 bits per heavy atom. The van der Waals surface area contributed by atoms with Gasteiger partial charge in [0.2, 0.25) is 17.7 Å². The van der Waals surface area contributed by atoms with Crippen molar-refractivity contribution in [3.05, 3.63) is 130 Å². The number of aliphatic hydroxyl groups is 7. The van der Waals surface area contributed by atoms with Gasteiger partial charge in [-0.05, 0) is 209 Å². The summed E-state index contributed by atoms with van der Waals surface area (Å²) in [5.74, 6) is -4.87. The first kappa shape index (κ1) is 66.6. The van der Waals surface area contributed by atoms with Crippen LogP contribution in [0.4, 0.5) is 4.39 Å². The normalized spacial score (nSPS) is 45.5. The van der Waals surface area contributed by atoms with Crippen LogP contribution in [0.5, 0.6) is 0 Å². The van der Waals surface area contributed by atoms with Crippen molar-refractivity contribution >= 4 is 47.2 Å². The molecule has 20 nitrogen and oxygen atoms in total. The van der Waals surface area contributed by atoms with Gasteiger partial charge in [-0.1, -0.05) is 67.0 Å². The van der Waals surface area contributed by atoms with Gasteiger partial charge >= 0.3 is 17.9 Å². The smallest absolute Gasteiger partial charge is 0.315 e. The van der Waals surface area contributed by atoms with Gasteiger partial charge in [0, 0.05) is 37.5 Å². The SMILES string of the molecule is C=C1C[C@]23C[C@@]1(O)CC[C@H]2C1=C[C@H]2OC(=O)[C@@](C)(C1[C@@H]3C(=O)NCCCCCCO)[C@H]2O.C=C1C[C@]23C[C@@]1(O)CC[C@H]2C1=C[C@H]2OC(=O)[C@@](C)(C1[C@@H]3C(=O)NCc1ccc(F)c(Cl)c1)[C@H]2O.C=C1C[C@]23C[C@@]1(O)CC[C@H]2C1=C[C@H]2OC(=O)[C@@](C)(C1[C@@H]3C(=O)NCc1ccco1)[C@H]2O. The molecule has 12 aliphatic carbocycles. The van der Waals surface area contributed by atoms with E-state index in [-0.39, 0.29) is 60.2 Å². The molecule has 2 aromatic rings. The Morgan fingerprint density at radius 2 is 0.969 bits per heavy atom. The Balaban J connectivity index is 0.000000119. The molecule has 1 aromatic carbocycles. The third-order valence-corrected chi connectivity index (χ3v) is 28.1. The summed E-state index contributed by atoms with van der Waals surface area (Å²) in [6.45, 7) is 18.7. The summed E-state index contributed by atoms with van der Waals surface area (Å²) in [7, 11) is 0. The van der Waals surface area contributed by atoms with E-state index in [0.29, 0.717) is 82.1 Å². The second kappa shape index (κ2) is 22.6. The zero-order chi connectivity index (χ0) is 68.9. The lowest BCUT2D eigenvalue weighted by molar-refractivity contribution is -0.153. The summed E-state index contributed by atoms with van der Waals surface area (Å²) in [4.78, 5) is 80.3. The number of halogens is 2. The molecule has 3 spiro atoms. The number of hydrogen-bond acceptors (Lipinski definition) is 17. The summed E-state index contributed by atoms with van der Waals surface area (Å²) < 4.78 is 35.4. The van der Waals surface area contributed by atoms with Crippen LogP contribution in [-0.4, -0.2) is 138 Å². The minimum atomic E-state index is -1.25. The Labute approximate surface area is 567 Å². The molecule has 22 heteroatoms. The van der Waals surface area contributed by atoms with Crippen molar-refractivity contribution < 1.29 is 87.5 Å². The summed E-state index contributed by atoms with van der Waals surface area (Å²) in [5, 5.41) is 84.7. The van der Waals surface area contributed by atoms with Gasteiger partial charge < -0.3 is 70.3 Å². The summed E-state index contributed by atoms with van der Waals surface area (Å²) >= 11 is 5.90. The van der Waals surface area contributed by atoms with Crippen LogP contribution in [0, 0.1) is 91.6 Å². The highest BCUT2D eigenvalue weighted by Gasteiger charge is 2.79. The molecular formula is C75H89ClFN3O17. The minimum Gasteiger partial charge on any atom is -0.467 e. The van der Waals surface area contributed by atoms with E-state index in [9.17, 15) is 63.8 Å². The van der Waals surface area contributed by atoms with Crippen molar-refractivity contribution in [3.63, 3.8) is 0 Å². The van der Waals surface area contributed by atoms with E-state index in [1.165, 1.54) is 12.1 Å². The van der Waals surface area contributed by atoms with Crippen LogP contribution in [0.25, 0.3) is 0 Å². The minimum absolute atomic E-state index is 0.00290. The van der Waals surface area contributed by atoms with Gasteiger partial charge in [0.1, 0.15) is 64.4 Å². The predicted octanol–water partition coefficient (Wildman–Crippen LogP) is 6.51. The number of esters is 3. The molecule has 3 unspecified atom stereocenters. The van der Waals surface area contributed by atoms with E-state index in [1.54, 1.807) is 45.2 Å². The highest BCUT2D eigenvalue weighted by Crippen LogP contribution is 2.77. The maximum absolute atomic E-state index is 13.9. The van der Waals surface area contributed by atoms with Crippen LogP contribution >= 0.6 is 11.6 Å². The second-order valence-corrected chi connectivity index (χ2v) is 32.7. The zero-order valence-corrected chi connectivity index (χ0v) is 55.8. The number of aliphatic hydroxyl groups excluding tert-OH is 4. The van der Waals surface area contributed by atoms with Gasteiger partial charge in [0.05, 0.1) is 52.4 Å². The average Bonchev–Trinajstić information content (AvgIpc) is 1.52. The van der Waals surface area contributed by atoms with E-state index in [0.717, 1.165) is 72.0 Å². The highest BCUT2D eigenvalue weighted by molar-refractivity contribution is 6.30. The van der Waals surface area contributed by atoms with E-state index in [2.05, 4.69) is 35.7 Å². The van der Waals surface area contributed by atoms with Crippen LogP contribution in [0.2, 0.25) is 5.02 Å². The molecular weight excluding hydrogens is 1270 g/mol. The number of rotatable bonds is 13. The molecule has 97 heavy (non-hydrogen) atoms. The molecule has 12 fully saturated rings. The maximum Gasteiger partial charge on any atom is 0.315 e. The van der Waals surface area contributed by atoms with Crippen molar-refractivity contribution in [2.75, 3.05) is 13.2 Å². The fraction of sp³-hybridized carbons (Fsp3) is 0.627. The van der Waals surface area contributed by atoms with Gasteiger partial charge in [-0.25, -0.2) is 4.39 Å². The number of fused-ring (bicyclic) bond motifs is 18. The number of ether oxygens (including phenoxy) is 3. The second-order valence-electron chi connectivity index (χ2n) is 32.3. The van der Waals surface area contributed by atoms with Crippen LogP contribution in [0.15, 0.2) is 112 Å². The van der Waals surface area contributed by atoms with Crippen molar-refractivity contribution in [2.24, 2.45) is 85.8 Å². The van der Waals surface area contributed by atoms with Gasteiger partial charge in [-0.3, -0.25) is 28.8 Å². The first-order chi connectivity index (χ1) is 45.9. The fourth-order valence-corrected chi connectivity index (χ4v) is 23.4. The number of nitrogens with one attached hydrogen (secondary N) is 3. The van der Waals surface area contributed by atoms with Gasteiger partial charge in [-0.2, -0.15) is 0 Å². The lowest BCUT2D eigenvalue weighted by atomic mass is 9.60. The van der Waals surface area contributed by atoms with Crippen LogP contribution in [0.3, 0.4) is 0 Å². The molecule has 10 N–H and O–H groups in total. The molecule has 24 atom stereocenters. The summed E-state index contributed by atoms with van der Waals surface area (Å²) in [6, 6.07) is 7.85. The molecule has 520 valence electrons. The Kier molecular flexibility index (Phi) is 15.5. The molecule has 3 aliphatic heterocycles. The van der Waals surface area contributed by atoms with Gasteiger partial charge in [0.25, 0.3) is 0 Å². The lowest BCUT2D eigenvalue weighted by Crippen LogP contribution is -2.52. The molecule has 0 radical (unpaired) electrons. The molecule has 15 aliphatic rings. The molecule has 1 aromatic heterocycles. The molecule has 4 heterocycles. The highest BCUT2D eigenvalue weighted by atomic mass is 35.5. The number of furan rings is 1. The first-order valence-electron chi connectivity index (χ1n) is 34.9. The summed E-state index contributed by atoms with van der Waals surface area (Å²) in [5.41, 5.74) is -2.07. The van der Waals surface area contributed by atoms with E-state index >= 15 is 0 Å². The monoisotopic (exact) mass is 1360 g/mol. The molecule has 17 rings (SSSR count). The number of hydrogen-bond donors (Lipinski definition) is 10. The maximum atomic E-state index is 13.9. The average molecular weight is 1360 g/mol. The number of allylic oxidation sites excluding steroid dienone is 3. The standard InChI is InChI=1S/C26H27ClFNO5.C25H35NO6.C24H27NO6/c1-12-9-25-11-26(12,33)6-5-15(25)14-8-18-21(30)24(2,23(32)34-18)19(14)20(25)22(31)29-10-13-3-4-17(28)16(27)7-13;1-14-12-24-13-25(14,31)8-7-16(24)15-11-17-20(28)23(2,22(30)32-17)18(15)19(24)21(29)26-9-5-3-4-6-10-27;1-12-9-23-11-24(12,29)6-5-15(23)14-8-16-19(26)22(2,21(28)31-16)17(14)18(23)20(27)25-10-13-4-3-7-30-13/h3-4,7-8,15,18-21,30,33H,1,5-6,9-11H2,2H3,(H,29,31);11,16-20,27-28,31H,1,3-10,12-13H2,2H3,(H,26,29);3-4,7-8,15-19,26,29H,1,5-6,9-11H2,2H3,(H,25,27)/t15-,18+,19?,20+,21-,24-,25-,26-;16-,17+,18?,19+,20-,23-,24-,25-;15-,16+,17?,18+,19-,22-,23-,24-/m000/s1. The van der Waals surface area contributed by atoms with Gasteiger partial charge in [0.15, 0.2) is 0 Å². The Hall–Kier alpha value is -6.30. The zero-order valence-electron chi connectivity index (χ0n) is 55.1. The van der Waals surface area contributed by atoms with E-state index in [1.807, 2.05) is 18.2 Å². The molecule has 3 saturated heterocycles. The third kappa shape index (κ3) is 9.14. The third-order valence-electron chi connectivity index (χ3n) is 27.8. The van der Waals surface area contributed by atoms with Crippen molar-refractivity contribution in [3.8, 4) is 0 Å². The lowest BCUT2D eigenvalue weighted by Gasteiger charge is -2.42. The number of carbonyl (C=O) groups is 6. The number of unbranched alkanes of at least 4 members (excludes halogenated alkanes) is 3. The number of carbonyl (C=O) groups excluding carboxylic acids is 6. The van der Waals surface area contributed by atoms with Crippen molar-refractivity contribution in [1.82, 2.24) is 16.0 Å².